The van der Waals surface area contributed by atoms with Crippen molar-refractivity contribution in [2.75, 3.05) is 10.6 Å². The average molecular weight is 658 g/mol. The lowest BCUT2D eigenvalue weighted by atomic mass is 10.1. The first kappa shape index (κ1) is 31.3. The number of amides is 4. The molecule has 4 amide bonds. The minimum atomic E-state index is -0.631. The van der Waals surface area contributed by atoms with Crippen LogP contribution in [0, 0.1) is 0 Å². The van der Waals surface area contributed by atoms with Gasteiger partial charge in [0.2, 0.25) is 5.91 Å². The van der Waals surface area contributed by atoms with E-state index < -0.39 is 23.0 Å². The van der Waals surface area contributed by atoms with Gasteiger partial charge in [0.15, 0.2) is 0 Å². The van der Waals surface area contributed by atoms with Crippen molar-refractivity contribution in [1.82, 2.24) is 5.32 Å². The van der Waals surface area contributed by atoms with E-state index in [1.165, 1.54) is 11.8 Å². The summed E-state index contributed by atoms with van der Waals surface area (Å²) >= 11 is 4.73. The third-order valence-electron chi connectivity index (χ3n) is 6.19. The molecule has 0 aliphatic heterocycles. The van der Waals surface area contributed by atoms with Crippen LogP contribution >= 0.6 is 27.7 Å². The molecule has 0 saturated heterocycles. The van der Waals surface area contributed by atoms with E-state index in [2.05, 4.69) is 31.9 Å². The van der Waals surface area contributed by atoms with Gasteiger partial charge in [0.1, 0.15) is 5.70 Å². The number of carbonyl (C=O) groups is 4. The highest BCUT2D eigenvalue weighted by molar-refractivity contribution is 9.10. The van der Waals surface area contributed by atoms with Gasteiger partial charge in [-0.2, -0.15) is 0 Å². The molecule has 10 heteroatoms. The molecule has 4 aromatic rings. The standard InChI is InChI=1S/C33H29BrN4O4S/c1-2-29(33(42)37-27-14-7-6-13-26(27)30(35)39)43-25-12-8-11-24(20-25)36-32(41)28(19-21-15-17-23(34)18-16-21)38-31(40)22-9-4-3-5-10-22/h3-20,29H,2H2,1H3,(H2,35,39)(H,36,41)(H,37,42)(H,38,40)/b28-19+. The molecule has 0 aliphatic rings. The predicted octanol–water partition coefficient (Wildman–Crippen LogP) is 6.47. The lowest BCUT2D eigenvalue weighted by Crippen LogP contribution is -2.30. The van der Waals surface area contributed by atoms with E-state index in [0.29, 0.717) is 23.4 Å². The first-order valence-electron chi connectivity index (χ1n) is 13.3. The highest BCUT2D eigenvalue weighted by Gasteiger charge is 2.21. The van der Waals surface area contributed by atoms with Crippen LogP contribution in [0.2, 0.25) is 0 Å². The van der Waals surface area contributed by atoms with E-state index in [1.807, 2.05) is 37.3 Å². The van der Waals surface area contributed by atoms with Crippen molar-refractivity contribution >= 4 is 68.8 Å². The summed E-state index contributed by atoms with van der Waals surface area (Å²) in [5.41, 5.74) is 7.71. The Balaban J connectivity index is 1.50. The summed E-state index contributed by atoms with van der Waals surface area (Å²) in [6, 6.07) is 29.6. The minimum absolute atomic E-state index is 0.0631. The van der Waals surface area contributed by atoms with Gasteiger partial charge in [0, 0.05) is 20.6 Å². The summed E-state index contributed by atoms with van der Waals surface area (Å²) in [6.45, 7) is 1.89. The molecule has 0 fully saturated rings. The molecule has 0 aliphatic carbocycles. The molecule has 218 valence electrons. The maximum atomic E-state index is 13.4. The van der Waals surface area contributed by atoms with E-state index in [1.54, 1.807) is 78.9 Å². The number of nitrogens with one attached hydrogen (secondary N) is 3. The number of carbonyl (C=O) groups excluding carboxylic acids is 4. The maximum Gasteiger partial charge on any atom is 0.272 e. The number of nitrogens with two attached hydrogens (primary N) is 1. The van der Waals surface area contributed by atoms with Crippen molar-refractivity contribution in [1.29, 1.82) is 0 Å². The highest BCUT2D eigenvalue weighted by atomic mass is 79.9. The fraction of sp³-hybridized carbons (Fsp3) is 0.0909. The quantitative estimate of drug-likeness (QED) is 0.109. The molecular formula is C33H29BrN4O4S. The molecule has 0 spiro atoms. The first-order chi connectivity index (χ1) is 20.7. The van der Waals surface area contributed by atoms with E-state index in [-0.39, 0.29) is 17.2 Å². The van der Waals surface area contributed by atoms with Crippen LogP contribution in [0.5, 0.6) is 0 Å². The van der Waals surface area contributed by atoms with Crippen molar-refractivity contribution in [2.24, 2.45) is 5.73 Å². The Hall–Kier alpha value is -4.67. The second-order valence-corrected chi connectivity index (χ2v) is 11.5. The first-order valence-corrected chi connectivity index (χ1v) is 15.0. The van der Waals surface area contributed by atoms with Gasteiger partial charge in [-0.1, -0.05) is 71.4 Å². The summed E-state index contributed by atoms with van der Waals surface area (Å²) in [5.74, 6) is -1.84. The van der Waals surface area contributed by atoms with Gasteiger partial charge in [-0.05, 0) is 72.7 Å². The van der Waals surface area contributed by atoms with Gasteiger partial charge in [0.05, 0.1) is 16.5 Å². The Labute approximate surface area is 262 Å². The predicted molar refractivity (Wildman–Crippen MR) is 175 cm³/mol. The number of hydrogen-bond acceptors (Lipinski definition) is 5. The van der Waals surface area contributed by atoms with Crippen LogP contribution in [-0.2, 0) is 9.59 Å². The average Bonchev–Trinajstić information content (AvgIpc) is 3.01. The lowest BCUT2D eigenvalue weighted by Gasteiger charge is -2.17. The second kappa shape index (κ2) is 15.0. The van der Waals surface area contributed by atoms with Crippen molar-refractivity contribution in [3.05, 3.63) is 130 Å². The van der Waals surface area contributed by atoms with E-state index in [9.17, 15) is 19.2 Å². The van der Waals surface area contributed by atoms with Crippen LogP contribution in [0.3, 0.4) is 0 Å². The normalized spacial score (nSPS) is 11.7. The third-order valence-corrected chi connectivity index (χ3v) is 8.08. The smallest absolute Gasteiger partial charge is 0.272 e. The molecule has 0 radical (unpaired) electrons. The Kier molecular flexibility index (Phi) is 10.9. The molecule has 0 bridgehead atoms. The van der Waals surface area contributed by atoms with Gasteiger partial charge < -0.3 is 21.7 Å². The monoisotopic (exact) mass is 656 g/mol. The second-order valence-electron chi connectivity index (χ2n) is 9.33. The van der Waals surface area contributed by atoms with Crippen molar-refractivity contribution in [3.63, 3.8) is 0 Å². The summed E-state index contributed by atoms with van der Waals surface area (Å²) in [6.07, 6.45) is 2.11. The van der Waals surface area contributed by atoms with Crippen molar-refractivity contribution in [3.8, 4) is 0 Å². The van der Waals surface area contributed by atoms with Gasteiger partial charge in [-0.3, -0.25) is 19.2 Å². The minimum Gasteiger partial charge on any atom is -0.366 e. The zero-order valence-corrected chi connectivity index (χ0v) is 25.6. The zero-order chi connectivity index (χ0) is 30.8. The number of para-hydroxylation sites is 1. The molecule has 0 aromatic heterocycles. The molecule has 4 aromatic carbocycles. The molecule has 0 heterocycles. The summed E-state index contributed by atoms with van der Waals surface area (Å²) in [4.78, 5) is 51.9. The third kappa shape index (κ3) is 8.91. The van der Waals surface area contributed by atoms with Crippen molar-refractivity contribution in [2.45, 2.75) is 23.5 Å². The van der Waals surface area contributed by atoms with Crippen molar-refractivity contribution < 1.29 is 19.2 Å². The van der Waals surface area contributed by atoms with Gasteiger partial charge in [-0.25, -0.2) is 0 Å². The molecule has 8 nitrogen and oxygen atoms in total. The summed E-state index contributed by atoms with van der Waals surface area (Å²) in [5, 5.41) is 7.91. The van der Waals surface area contributed by atoms with Crippen LogP contribution in [-0.4, -0.2) is 28.9 Å². The number of hydrogen-bond donors (Lipinski definition) is 4. The maximum absolute atomic E-state index is 13.4. The largest absolute Gasteiger partial charge is 0.366 e. The summed E-state index contributed by atoms with van der Waals surface area (Å²) < 4.78 is 0.884. The molecule has 1 atom stereocenters. The Morgan fingerprint density at radius 1 is 0.860 bits per heavy atom. The molecular weight excluding hydrogens is 628 g/mol. The summed E-state index contributed by atoms with van der Waals surface area (Å²) in [7, 11) is 0. The number of anilines is 2. The van der Waals surface area contributed by atoms with Gasteiger partial charge in [0.25, 0.3) is 17.7 Å². The van der Waals surface area contributed by atoms with Crippen LogP contribution in [0.1, 0.15) is 39.6 Å². The Bertz CT molecular complexity index is 1660. The van der Waals surface area contributed by atoms with E-state index in [0.717, 1.165) is 14.9 Å². The number of thioether (sulfide) groups is 1. The van der Waals surface area contributed by atoms with Crippen LogP contribution < -0.4 is 21.7 Å². The van der Waals surface area contributed by atoms with Gasteiger partial charge >= 0.3 is 0 Å². The number of halogens is 1. The SMILES string of the molecule is CCC(Sc1cccc(NC(=O)/C(=C\c2ccc(Br)cc2)NC(=O)c2ccccc2)c1)C(=O)Nc1ccccc1C(N)=O. The number of benzene rings is 4. The fourth-order valence-corrected chi connectivity index (χ4v) is 5.30. The number of primary amides is 1. The van der Waals surface area contributed by atoms with Gasteiger partial charge in [-0.15, -0.1) is 11.8 Å². The number of rotatable bonds is 11. The zero-order valence-electron chi connectivity index (χ0n) is 23.2. The Morgan fingerprint density at radius 3 is 2.26 bits per heavy atom. The van der Waals surface area contributed by atoms with E-state index in [4.69, 9.17) is 5.73 Å². The Morgan fingerprint density at radius 2 is 1.56 bits per heavy atom. The van der Waals surface area contributed by atoms with Crippen LogP contribution in [0.4, 0.5) is 11.4 Å². The van der Waals surface area contributed by atoms with Crippen LogP contribution in [0.15, 0.2) is 118 Å². The topological polar surface area (TPSA) is 130 Å². The molecule has 0 saturated carbocycles. The lowest BCUT2D eigenvalue weighted by molar-refractivity contribution is -0.116. The highest BCUT2D eigenvalue weighted by Crippen LogP contribution is 2.29. The molecule has 1 unspecified atom stereocenters. The van der Waals surface area contributed by atoms with Crippen LogP contribution in [0.25, 0.3) is 6.08 Å². The fourth-order valence-electron chi connectivity index (χ4n) is 4.02. The molecule has 43 heavy (non-hydrogen) atoms. The van der Waals surface area contributed by atoms with E-state index >= 15 is 0 Å². The molecule has 4 rings (SSSR count). The molecule has 5 N–H and O–H groups in total.